The number of benzene rings is 1. The van der Waals surface area contributed by atoms with Crippen LogP contribution in [0.1, 0.15) is 15.9 Å². The Morgan fingerprint density at radius 2 is 2.06 bits per heavy atom. The molecule has 1 aromatic carbocycles. The van der Waals surface area contributed by atoms with Crippen LogP contribution in [0.15, 0.2) is 30.5 Å². The molecule has 0 aliphatic rings. The van der Waals surface area contributed by atoms with Crippen molar-refractivity contribution in [1.82, 2.24) is 4.98 Å². The Morgan fingerprint density at radius 1 is 1.28 bits per heavy atom. The fourth-order valence-electron chi connectivity index (χ4n) is 1.41. The predicted octanol–water partition coefficient (Wildman–Crippen LogP) is 4.30. The van der Waals surface area contributed by atoms with Crippen molar-refractivity contribution < 1.29 is 9.53 Å². The van der Waals surface area contributed by atoms with Gasteiger partial charge in [0.15, 0.2) is 6.29 Å². The van der Waals surface area contributed by atoms with E-state index in [4.69, 9.17) is 27.9 Å². The lowest BCUT2D eigenvalue weighted by Gasteiger charge is -2.09. The number of aldehydes is 1. The van der Waals surface area contributed by atoms with E-state index in [0.717, 1.165) is 11.8 Å². The Balaban J connectivity index is 2.34. The van der Waals surface area contributed by atoms with Crippen LogP contribution in [-0.2, 0) is 0 Å². The highest BCUT2D eigenvalue weighted by molar-refractivity contribution is 6.34. The Bertz CT molecular complexity index is 600. The average Bonchev–Trinajstić information content (AvgIpc) is 2.36. The van der Waals surface area contributed by atoms with Crippen molar-refractivity contribution >= 4 is 29.5 Å². The van der Waals surface area contributed by atoms with E-state index in [1.807, 2.05) is 0 Å². The maximum atomic E-state index is 10.6. The number of rotatable bonds is 3. The SMILES string of the molecule is Cc1cc(C=O)cnc1Oc1cc(Cl)ccc1Cl. The molecule has 1 heterocycles. The summed E-state index contributed by atoms with van der Waals surface area (Å²) in [5.74, 6) is 0.823. The Kier molecular flexibility index (Phi) is 3.84. The van der Waals surface area contributed by atoms with E-state index in [1.165, 1.54) is 6.20 Å². The van der Waals surface area contributed by atoms with E-state index in [-0.39, 0.29) is 0 Å². The van der Waals surface area contributed by atoms with Gasteiger partial charge in [-0.05, 0) is 25.1 Å². The lowest BCUT2D eigenvalue weighted by atomic mass is 10.2. The summed E-state index contributed by atoms with van der Waals surface area (Å²) in [6, 6.07) is 6.62. The van der Waals surface area contributed by atoms with Gasteiger partial charge < -0.3 is 4.74 Å². The molecule has 92 valence electrons. The maximum absolute atomic E-state index is 10.6. The summed E-state index contributed by atoms with van der Waals surface area (Å²) in [5, 5.41) is 0.969. The van der Waals surface area contributed by atoms with Crippen LogP contribution < -0.4 is 4.74 Å². The maximum Gasteiger partial charge on any atom is 0.222 e. The van der Waals surface area contributed by atoms with Gasteiger partial charge >= 0.3 is 0 Å². The van der Waals surface area contributed by atoms with E-state index in [9.17, 15) is 4.79 Å². The number of carbonyl (C=O) groups is 1. The van der Waals surface area contributed by atoms with Crippen LogP contribution in [0.3, 0.4) is 0 Å². The molecule has 0 spiro atoms. The number of nitrogens with zero attached hydrogens (tertiary/aromatic N) is 1. The number of carbonyl (C=O) groups excluding carboxylic acids is 1. The third-order valence-electron chi connectivity index (χ3n) is 2.29. The monoisotopic (exact) mass is 281 g/mol. The van der Waals surface area contributed by atoms with Crippen LogP contribution in [0, 0.1) is 6.92 Å². The normalized spacial score (nSPS) is 10.2. The van der Waals surface area contributed by atoms with Crippen molar-refractivity contribution in [3.63, 3.8) is 0 Å². The van der Waals surface area contributed by atoms with Gasteiger partial charge in [-0.2, -0.15) is 0 Å². The zero-order chi connectivity index (χ0) is 13.1. The van der Waals surface area contributed by atoms with Crippen molar-refractivity contribution in [2.45, 2.75) is 6.92 Å². The van der Waals surface area contributed by atoms with Crippen molar-refractivity contribution in [3.8, 4) is 11.6 Å². The molecule has 2 rings (SSSR count). The first-order chi connectivity index (χ1) is 8.60. The van der Waals surface area contributed by atoms with E-state index in [2.05, 4.69) is 4.98 Å². The van der Waals surface area contributed by atoms with Gasteiger partial charge in [-0.25, -0.2) is 4.98 Å². The third kappa shape index (κ3) is 2.81. The molecule has 0 fully saturated rings. The molecule has 0 aliphatic heterocycles. The standard InChI is InChI=1S/C13H9Cl2NO2/c1-8-4-9(7-17)6-16-13(8)18-12-5-10(14)2-3-11(12)15/h2-7H,1H3. The molecule has 1 aromatic heterocycles. The molecule has 3 nitrogen and oxygen atoms in total. The summed E-state index contributed by atoms with van der Waals surface area (Å²) in [6.45, 7) is 1.80. The minimum atomic E-state index is 0.393. The smallest absolute Gasteiger partial charge is 0.222 e. The summed E-state index contributed by atoms with van der Waals surface area (Å²) in [5.41, 5.74) is 1.24. The van der Waals surface area contributed by atoms with Crippen LogP contribution in [0.2, 0.25) is 10.0 Å². The number of halogens is 2. The Hall–Kier alpha value is -1.58. The summed E-state index contributed by atoms with van der Waals surface area (Å²) >= 11 is 11.9. The van der Waals surface area contributed by atoms with Crippen molar-refractivity contribution in [2.24, 2.45) is 0 Å². The Morgan fingerprint density at radius 3 is 2.72 bits per heavy atom. The molecule has 0 saturated heterocycles. The fraction of sp³-hybridized carbons (Fsp3) is 0.0769. The third-order valence-corrected chi connectivity index (χ3v) is 2.83. The van der Waals surface area contributed by atoms with Crippen molar-refractivity contribution in [3.05, 3.63) is 51.6 Å². The van der Waals surface area contributed by atoms with Gasteiger partial charge in [0.25, 0.3) is 0 Å². The first-order valence-electron chi connectivity index (χ1n) is 5.15. The number of hydrogen-bond donors (Lipinski definition) is 0. The summed E-state index contributed by atoms with van der Waals surface area (Å²) in [7, 11) is 0. The van der Waals surface area contributed by atoms with Gasteiger partial charge in [0.1, 0.15) is 5.75 Å². The van der Waals surface area contributed by atoms with Crippen LogP contribution >= 0.6 is 23.2 Å². The molecule has 0 bridgehead atoms. The van der Waals surface area contributed by atoms with E-state index in [0.29, 0.717) is 27.2 Å². The minimum Gasteiger partial charge on any atom is -0.437 e. The molecule has 0 amide bonds. The molecular formula is C13H9Cl2NO2. The second-order valence-corrected chi connectivity index (χ2v) is 4.53. The molecule has 2 aromatic rings. The molecule has 0 N–H and O–H groups in total. The number of aromatic nitrogens is 1. The second kappa shape index (κ2) is 5.38. The van der Waals surface area contributed by atoms with Crippen LogP contribution in [-0.4, -0.2) is 11.3 Å². The van der Waals surface area contributed by atoms with E-state index < -0.39 is 0 Å². The molecule has 0 atom stereocenters. The highest BCUT2D eigenvalue weighted by Gasteiger charge is 2.08. The number of hydrogen-bond acceptors (Lipinski definition) is 3. The van der Waals surface area contributed by atoms with E-state index in [1.54, 1.807) is 31.2 Å². The predicted molar refractivity (Wildman–Crippen MR) is 70.9 cm³/mol. The van der Waals surface area contributed by atoms with Gasteiger partial charge in [-0.15, -0.1) is 0 Å². The molecule has 0 aliphatic carbocycles. The van der Waals surface area contributed by atoms with Crippen molar-refractivity contribution in [2.75, 3.05) is 0 Å². The molecule has 0 radical (unpaired) electrons. The first-order valence-corrected chi connectivity index (χ1v) is 5.90. The summed E-state index contributed by atoms with van der Waals surface area (Å²) < 4.78 is 5.58. The van der Waals surface area contributed by atoms with Crippen LogP contribution in [0.4, 0.5) is 0 Å². The van der Waals surface area contributed by atoms with Gasteiger partial charge in [-0.3, -0.25) is 4.79 Å². The topological polar surface area (TPSA) is 39.2 Å². The zero-order valence-corrected chi connectivity index (χ0v) is 11.0. The lowest BCUT2D eigenvalue weighted by molar-refractivity contribution is 0.112. The molecular weight excluding hydrogens is 273 g/mol. The highest BCUT2D eigenvalue weighted by Crippen LogP contribution is 2.32. The lowest BCUT2D eigenvalue weighted by Crippen LogP contribution is -1.94. The van der Waals surface area contributed by atoms with Crippen LogP contribution in [0.25, 0.3) is 0 Å². The number of ether oxygens (including phenoxy) is 1. The molecule has 0 unspecified atom stereocenters. The minimum absolute atomic E-state index is 0.393. The van der Waals surface area contributed by atoms with E-state index >= 15 is 0 Å². The quantitative estimate of drug-likeness (QED) is 0.788. The number of aryl methyl sites for hydroxylation is 1. The fourth-order valence-corrected chi connectivity index (χ4v) is 1.73. The zero-order valence-electron chi connectivity index (χ0n) is 9.48. The van der Waals surface area contributed by atoms with Gasteiger partial charge in [0.2, 0.25) is 5.88 Å². The molecule has 18 heavy (non-hydrogen) atoms. The van der Waals surface area contributed by atoms with Gasteiger partial charge in [0.05, 0.1) is 5.02 Å². The molecule has 5 heteroatoms. The number of pyridine rings is 1. The van der Waals surface area contributed by atoms with Crippen molar-refractivity contribution in [1.29, 1.82) is 0 Å². The second-order valence-electron chi connectivity index (χ2n) is 3.69. The first kappa shape index (κ1) is 12.9. The Labute approximate surface area is 114 Å². The van der Waals surface area contributed by atoms with Crippen LogP contribution in [0.5, 0.6) is 11.6 Å². The van der Waals surface area contributed by atoms with Gasteiger partial charge in [0, 0.05) is 28.4 Å². The summed E-state index contributed by atoms with van der Waals surface area (Å²) in [6.07, 6.45) is 2.17. The highest BCUT2D eigenvalue weighted by atomic mass is 35.5. The largest absolute Gasteiger partial charge is 0.437 e. The summed E-state index contributed by atoms with van der Waals surface area (Å²) in [4.78, 5) is 14.7. The van der Waals surface area contributed by atoms with Gasteiger partial charge in [-0.1, -0.05) is 23.2 Å². The molecule has 0 saturated carbocycles. The average molecular weight is 282 g/mol.